The van der Waals surface area contributed by atoms with Gasteiger partial charge in [-0.25, -0.2) is 0 Å². The number of ketones is 1. The molecule has 1 aliphatic heterocycles. The van der Waals surface area contributed by atoms with E-state index in [0.717, 1.165) is 16.8 Å². The van der Waals surface area contributed by atoms with Crippen LogP contribution in [0.5, 0.6) is 11.5 Å². The van der Waals surface area contributed by atoms with E-state index in [2.05, 4.69) is 20.9 Å². The Kier molecular flexibility index (Phi) is 3.98. The lowest BCUT2D eigenvalue weighted by Crippen LogP contribution is -2.10. The third-order valence-corrected chi connectivity index (χ3v) is 4.74. The number of rotatable bonds is 2. The quantitative estimate of drug-likeness (QED) is 0.598. The first-order valence-electron chi connectivity index (χ1n) is 7.48. The summed E-state index contributed by atoms with van der Waals surface area (Å²) in [6, 6.07) is 11.8. The molecule has 2 aromatic carbocycles. The molecular formula is C19H11BrClNO3. The summed E-state index contributed by atoms with van der Waals surface area (Å²) in [4.78, 5) is 17.2. The Bertz CT molecular complexity index is 1020. The van der Waals surface area contributed by atoms with Crippen molar-refractivity contribution < 1.29 is 14.6 Å². The molecule has 1 N–H and O–H groups in total. The Morgan fingerprint density at radius 2 is 2.04 bits per heavy atom. The number of phenols is 1. The Balaban J connectivity index is 1.78. The first kappa shape index (κ1) is 16.1. The summed E-state index contributed by atoms with van der Waals surface area (Å²) in [5.74, 6) is 0.346. The number of halogens is 2. The van der Waals surface area contributed by atoms with Crippen molar-refractivity contribution in [3.63, 3.8) is 0 Å². The van der Waals surface area contributed by atoms with Gasteiger partial charge < -0.3 is 9.84 Å². The van der Waals surface area contributed by atoms with Crippen LogP contribution in [0.4, 0.5) is 0 Å². The molecule has 0 saturated carbocycles. The smallest absolute Gasteiger partial charge is 0.198 e. The van der Waals surface area contributed by atoms with E-state index < -0.39 is 0 Å². The Morgan fingerprint density at radius 1 is 1.20 bits per heavy atom. The van der Waals surface area contributed by atoms with Crippen LogP contribution >= 0.6 is 27.5 Å². The van der Waals surface area contributed by atoms with Gasteiger partial charge in [-0.3, -0.25) is 9.78 Å². The summed E-state index contributed by atoms with van der Waals surface area (Å²) in [7, 11) is 0. The van der Waals surface area contributed by atoms with E-state index in [4.69, 9.17) is 16.3 Å². The second kappa shape index (κ2) is 6.17. The van der Waals surface area contributed by atoms with Gasteiger partial charge in [0, 0.05) is 32.4 Å². The highest BCUT2D eigenvalue weighted by Gasteiger charge is 2.22. The number of aromatic nitrogens is 1. The van der Waals surface area contributed by atoms with Crippen LogP contribution in [0.3, 0.4) is 0 Å². The van der Waals surface area contributed by atoms with Crippen LogP contribution in [0.1, 0.15) is 21.5 Å². The van der Waals surface area contributed by atoms with Gasteiger partial charge >= 0.3 is 0 Å². The largest absolute Gasteiger partial charge is 0.507 e. The fraction of sp³-hybridized carbons (Fsp3) is 0.0526. The molecular weight excluding hydrogens is 406 g/mol. The number of phenolic OH excluding ortho intramolecular Hbond substituents is 1. The molecule has 124 valence electrons. The van der Waals surface area contributed by atoms with Crippen LogP contribution in [-0.4, -0.2) is 15.9 Å². The summed E-state index contributed by atoms with van der Waals surface area (Å²) in [5.41, 5.74) is 2.96. The van der Waals surface area contributed by atoms with Crippen LogP contribution in [0.2, 0.25) is 5.02 Å². The number of ether oxygens (including phenoxy) is 1. The predicted molar refractivity (Wildman–Crippen MR) is 98.3 cm³/mol. The van der Waals surface area contributed by atoms with Crippen molar-refractivity contribution in [2.24, 2.45) is 0 Å². The van der Waals surface area contributed by atoms with E-state index in [9.17, 15) is 9.90 Å². The highest BCUT2D eigenvalue weighted by molar-refractivity contribution is 9.10. The molecule has 0 unspecified atom stereocenters. The van der Waals surface area contributed by atoms with Crippen molar-refractivity contribution in [1.29, 1.82) is 0 Å². The highest BCUT2D eigenvalue weighted by Crippen LogP contribution is 2.38. The van der Waals surface area contributed by atoms with Gasteiger partial charge in [-0.15, -0.1) is 0 Å². The number of nitrogens with zero attached hydrogens (tertiary/aromatic N) is 1. The number of carbonyl (C=O) groups is 1. The lowest BCUT2D eigenvalue weighted by atomic mass is 9.98. The molecule has 0 spiro atoms. The Hall–Kier alpha value is -2.37. The summed E-state index contributed by atoms with van der Waals surface area (Å²) in [6.07, 6.45) is 1.51. The van der Waals surface area contributed by atoms with E-state index >= 15 is 0 Å². The van der Waals surface area contributed by atoms with Crippen LogP contribution in [0.25, 0.3) is 11.3 Å². The molecule has 4 nitrogen and oxygen atoms in total. The van der Waals surface area contributed by atoms with E-state index in [0.29, 0.717) is 27.4 Å². The van der Waals surface area contributed by atoms with Crippen LogP contribution in [-0.2, 0) is 6.61 Å². The van der Waals surface area contributed by atoms with Crippen molar-refractivity contribution in [2.75, 3.05) is 0 Å². The zero-order chi connectivity index (χ0) is 17.6. The molecule has 4 rings (SSSR count). The maximum Gasteiger partial charge on any atom is 0.198 e. The Labute approximate surface area is 157 Å². The molecule has 3 aromatic rings. The number of benzene rings is 2. The van der Waals surface area contributed by atoms with Crippen molar-refractivity contribution in [2.45, 2.75) is 6.61 Å². The standard InChI is InChI=1S/C19H11BrClNO3/c20-12-1-3-16(23)14(6-12)19(24)10-5-11-9-25-17-4-2-13(21)7-15(17)18(11)22-8-10/h1-8,23H,9H2. The van der Waals surface area contributed by atoms with Gasteiger partial charge in [0.2, 0.25) is 0 Å². The van der Waals surface area contributed by atoms with Crippen molar-refractivity contribution in [3.05, 3.63) is 74.8 Å². The maximum absolute atomic E-state index is 12.7. The third kappa shape index (κ3) is 2.90. The highest BCUT2D eigenvalue weighted by atomic mass is 79.9. The molecule has 2 heterocycles. The molecule has 1 aliphatic rings. The van der Waals surface area contributed by atoms with E-state index in [1.165, 1.54) is 12.3 Å². The lowest BCUT2D eigenvalue weighted by Gasteiger charge is -2.20. The van der Waals surface area contributed by atoms with E-state index in [1.54, 1.807) is 36.4 Å². The first-order valence-corrected chi connectivity index (χ1v) is 8.65. The number of pyridine rings is 1. The molecule has 0 amide bonds. The minimum atomic E-state index is -0.300. The van der Waals surface area contributed by atoms with Crippen LogP contribution in [0, 0.1) is 0 Å². The van der Waals surface area contributed by atoms with Crippen molar-refractivity contribution in [3.8, 4) is 22.8 Å². The summed E-state index contributed by atoms with van der Waals surface area (Å²) in [6.45, 7) is 0.322. The normalized spacial score (nSPS) is 12.1. The van der Waals surface area contributed by atoms with Gasteiger partial charge in [-0.05, 0) is 42.5 Å². The minimum Gasteiger partial charge on any atom is -0.507 e. The zero-order valence-electron chi connectivity index (χ0n) is 12.8. The monoisotopic (exact) mass is 415 g/mol. The average molecular weight is 417 g/mol. The fourth-order valence-corrected chi connectivity index (χ4v) is 3.33. The van der Waals surface area contributed by atoms with Gasteiger partial charge in [0.1, 0.15) is 18.1 Å². The van der Waals surface area contributed by atoms with E-state index in [1.807, 2.05) is 0 Å². The molecule has 25 heavy (non-hydrogen) atoms. The van der Waals surface area contributed by atoms with Gasteiger partial charge in [-0.2, -0.15) is 0 Å². The molecule has 0 fully saturated rings. The number of fused-ring (bicyclic) bond motifs is 3. The molecule has 0 aliphatic carbocycles. The third-order valence-electron chi connectivity index (χ3n) is 4.01. The summed E-state index contributed by atoms with van der Waals surface area (Å²) >= 11 is 9.38. The zero-order valence-corrected chi connectivity index (χ0v) is 15.1. The fourth-order valence-electron chi connectivity index (χ4n) is 2.80. The van der Waals surface area contributed by atoms with Gasteiger partial charge in [0.25, 0.3) is 0 Å². The summed E-state index contributed by atoms with van der Waals surface area (Å²) < 4.78 is 6.44. The second-order valence-electron chi connectivity index (χ2n) is 5.65. The number of hydrogen-bond donors (Lipinski definition) is 1. The molecule has 0 atom stereocenters. The van der Waals surface area contributed by atoms with Crippen molar-refractivity contribution in [1.82, 2.24) is 4.98 Å². The van der Waals surface area contributed by atoms with Gasteiger partial charge in [0.15, 0.2) is 5.78 Å². The SMILES string of the molecule is O=C(c1cnc2c(c1)COc1ccc(Cl)cc1-2)c1cc(Br)ccc1O. The predicted octanol–water partition coefficient (Wildman–Crippen LogP) is 4.99. The molecule has 6 heteroatoms. The van der Waals surface area contributed by atoms with Crippen LogP contribution < -0.4 is 4.74 Å². The number of aromatic hydroxyl groups is 1. The molecule has 1 aromatic heterocycles. The average Bonchev–Trinajstić information content (AvgIpc) is 2.62. The van der Waals surface area contributed by atoms with Crippen molar-refractivity contribution >= 4 is 33.3 Å². The first-order chi connectivity index (χ1) is 12.0. The molecule has 0 bridgehead atoms. The topological polar surface area (TPSA) is 59.4 Å². The van der Waals surface area contributed by atoms with E-state index in [-0.39, 0.29) is 17.1 Å². The molecule has 0 radical (unpaired) electrons. The van der Waals surface area contributed by atoms with Crippen LogP contribution in [0.15, 0.2) is 53.1 Å². The Morgan fingerprint density at radius 3 is 2.88 bits per heavy atom. The van der Waals surface area contributed by atoms with Gasteiger partial charge in [0.05, 0.1) is 11.3 Å². The van der Waals surface area contributed by atoms with Gasteiger partial charge in [-0.1, -0.05) is 27.5 Å². The number of carbonyl (C=O) groups excluding carboxylic acids is 1. The lowest BCUT2D eigenvalue weighted by molar-refractivity contribution is 0.103. The number of hydrogen-bond acceptors (Lipinski definition) is 4. The molecule has 0 saturated heterocycles. The maximum atomic E-state index is 12.7. The minimum absolute atomic E-state index is 0.0701. The summed E-state index contributed by atoms with van der Waals surface area (Å²) in [5, 5.41) is 10.6. The second-order valence-corrected chi connectivity index (χ2v) is 7.00.